The summed E-state index contributed by atoms with van der Waals surface area (Å²) in [6.45, 7) is 0.131. The van der Waals surface area contributed by atoms with E-state index < -0.39 is 29.9 Å². The average molecular weight is 671 g/mol. The number of hydrogen-bond acceptors (Lipinski definition) is 4. The van der Waals surface area contributed by atoms with Gasteiger partial charge in [0, 0.05) is 36.0 Å². The number of rotatable bonds is 6. The van der Waals surface area contributed by atoms with Crippen LogP contribution in [0.4, 0.5) is 10.5 Å². The van der Waals surface area contributed by atoms with Gasteiger partial charge in [-0.05, 0) is 51.4 Å². The first-order chi connectivity index (χ1) is 25.0. The van der Waals surface area contributed by atoms with Gasteiger partial charge in [-0.3, -0.25) is 14.5 Å². The van der Waals surface area contributed by atoms with Crippen molar-refractivity contribution in [3.8, 4) is 11.1 Å². The van der Waals surface area contributed by atoms with Crippen molar-refractivity contribution in [2.24, 2.45) is 0 Å². The van der Waals surface area contributed by atoms with Gasteiger partial charge in [-0.25, -0.2) is 4.79 Å². The topological polar surface area (TPSA) is 83.9 Å². The van der Waals surface area contributed by atoms with Crippen LogP contribution in [0.3, 0.4) is 0 Å². The number of alkyl carbamates (subject to hydrolysis) is 1. The third-order valence-corrected chi connectivity index (χ3v) is 11.4. The maximum atomic E-state index is 14.8. The molecule has 2 fully saturated rings. The van der Waals surface area contributed by atoms with Gasteiger partial charge in [0.15, 0.2) is 0 Å². The summed E-state index contributed by atoms with van der Waals surface area (Å²) in [4.78, 5) is 46.8. The normalized spacial score (nSPS) is 22.9. The Morgan fingerprint density at radius 3 is 2.20 bits per heavy atom. The number of amides is 3. The summed E-state index contributed by atoms with van der Waals surface area (Å²) in [5, 5.41) is 4.06. The van der Waals surface area contributed by atoms with Crippen molar-refractivity contribution in [3.63, 3.8) is 0 Å². The minimum Gasteiger partial charge on any atom is -0.449 e. The molecule has 0 spiro atoms. The van der Waals surface area contributed by atoms with Crippen molar-refractivity contribution >= 4 is 34.5 Å². The van der Waals surface area contributed by atoms with Crippen molar-refractivity contribution in [1.82, 2.24) is 14.8 Å². The van der Waals surface area contributed by atoms with E-state index in [-0.39, 0.29) is 30.8 Å². The fraction of sp³-hybridized carbons (Fsp3) is 0.186. The van der Waals surface area contributed by atoms with E-state index in [9.17, 15) is 14.4 Å². The Hall–Kier alpha value is -6.15. The molecule has 8 nitrogen and oxygen atoms in total. The molecule has 0 unspecified atom stereocenters. The largest absolute Gasteiger partial charge is 0.449 e. The Labute approximate surface area is 294 Å². The Morgan fingerprint density at radius 1 is 0.745 bits per heavy atom. The fourth-order valence-corrected chi connectivity index (χ4v) is 9.35. The van der Waals surface area contributed by atoms with Crippen LogP contribution in [0, 0.1) is 0 Å². The zero-order valence-electron chi connectivity index (χ0n) is 27.7. The minimum absolute atomic E-state index is 0.117. The van der Waals surface area contributed by atoms with Crippen LogP contribution in [0.15, 0.2) is 140 Å². The number of para-hydroxylation sites is 2. The Balaban J connectivity index is 1.04. The SMILES string of the molecule is O=C(N[C@H]1C[C@@]2(n3ccc4ccccc43)c3ccccc3N3C(=O)[C@H](Cc4ccccc4)N(C1=O)[C@H]32)OCC1c2ccccc2-c2ccccc21. The van der Waals surface area contributed by atoms with E-state index >= 15 is 0 Å². The Bertz CT molecular complexity index is 2340. The Morgan fingerprint density at radius 2 is 1.41 bits per heavy atom. The molecule has 4 atom stereocenters. The summed E-state index contributed by atoms with van der Waals surface area (Å²) >= 11 is 0. The van der Waals surface area contributed by atoms with Crippen LogP contribution in [0.5, 0.6) is 0 Å². The highest BCUT2D eigenvalue weighted by Gasteiger charge is 2.68. The number of fused-ring (bicyclic) bond motifs is 7. The highest BCUT2D eigenvalue weighted by Crippen LogP contribution is 2.56. The van der Waals surface area contributed by atoms with Gasteiger partial charge in [0.2, 0.25) is 5.91 Å². The third kappa shape index (κ3) is 4.22. The second kappa shape index (κ2) is 11.2. The van der Waals surface area contributed by atoms with Crippen LogP contribution >= 0.6 is 0 Å². The summed E-state index contributed by atoms with van der Waals surface area (Å²) in [5.41, 5.74) is 7.32. The summed E-state index contributed by atoms with van der Waals surface area (Å²) in [6.07, 6.45) is 1.39. The number of benzene rings is 5. The first kappa shape index (κ1) is 29.7. The van der Waals surface area contributed by atoms with Crippen molar-refractivity contribution in [2.45, 2.75) is 42.5 Å². The van der Waals surface area contributed by atoms with E-state index in [0.717, 1.165) is 50.0 Å². The average Bonchev–Trinajstić information content (AvgIpc) is 3.90. The van der Waals surface area contributed by atoms with E-state index in [4.69, 9.17) is 4.74 Å². The molecule has 3 amide bonds. The van der Waals surface area contributed by atoms with Crippen molar-refractivity contribution in [1.29, 1.82) is 0 Å². The van der Waals surface area contributed by atoms with Gasteiger partial charge in [0.05, 0.1) is 5.69 Å². The first-order valence-corrected chi connectivity index (χ1v) is 17.5. The highest BCUT2D eigenvalue weighted by molar-refractivity contribution is 6.08. The molecule has 3 aliphatic heterocycles. The molecular formula is C43H34N4O4. The monoisotopic (exact) mass is 670 g/mol. The van der Waals surface area contributed by atoms with E-state index in [1.54, 1.807) is 4.90 Å². The quantitative estimate of drug-likeness (QED) is 0.211. The lowest BCUT2D eigenvalue weighted by Crippen LogP contribution is -2.67. The number of piperidine rings is 1. The summed E-state index contributed by atoms with van der Waals surface area (Å²) in [5.74, 6) is -0.524. The lowest BCUT2D eigenvalue weighted by atomic mass is 9.78. The summed E-state index contributed by atoms with van der Waals surface area (Å²) in [6, 6.07) is 42.7. The molecule has 0 radical (unpaired) electrons. The van der Waals surface area contributed by atoms with Gasteiger partial charge in [-0.1, -0.05) is 115 Å². The van der Waals surface area contributed by atoms with E-state index in [0.29, 0.717) is 6.42 Å². The molecular weight excluding hydrogens is 636 g/mol. The molecule has 1 aromatic heterocycles. The molecule has 1 aliphatic carbocycles. The zero-order chi connectivity index (χ0) is 34.3. The summed E-state index contributed by atoms with van der Waals surface area (Å²) in [7, 11) is 0. The van der Waals surface area contributed by atoms with Crippen LogP contribution in [-0.4, -0.2) is 52.2 Å². The number of carbonyl (C=O) groups is 3. The number of anilines is 1. The van der Waals surface area contributed by atoms with Crippen molar-refractivity contribution in [3.05, 3.63) is 162 Å². The molecule has 0 bridgehead atoms. The third-order valence-electron chi connectivity index (χ3n) is 11.4. The lowest BCUT2D eigenvalue weighted by molar-refractivity contribution is -0.144. The summed E-state index contributed by atoms with van der Waals surface area (Å²) < 4.78 is 8.20. The van der Waals surface area contributed by atoms with Gasteiger partial charge >= 0.3 is 6.09 Å². The van der Waals surface area contributed by atoms with Crippen LogP contribution < -0.4 is 10.2 Å². The van der Waals surface area contributed by atoms with Gasteiger partial charge in [-0.2, -0.15) is 0 Å². The molecule has 10 rings (SSSR count). The minimum atomic E-state index is -0.949. The number of nitrogens with one attached hydrogen (secondary N) is 1. The second-order valence-corrected chi connectivity index (χ2v) is 13.9. The number of carbonyl (C=O) groups excluding carboxylic acids is 3. The van der Waals surface area contributed by atoms with Crippen molar-refractivity contribution < 1.29 is 19.1 Å². The predicted octanol–water partition coefficient (Wildman–Crippen LogP) is 6.82. The highest BCUT2D eigenvalue weighted by atomic mass is 16.5. The van der Waals surface area contributed by atoms with Gasteiger partial charge in [0.25, 0.3) is 5.91 Å². The smallest absolute Gasteiger partial charge is 0.407 e. The molecule has 5 aromatic carbocycles. The molecule has 4 aliphatic rings. The second-order valence-electron chi connectivity index (χ2n) is 13.9. The first-order valence-electron chi connectivity index (χ1n) is 17.5. The fourth-order valence-electron chi connectivity index (χ4n) is 9.35. The maximum absolute atomic E-state index is 14.8. The van der Waals surface area contributed by atoms with Gasteiger partial charge < -0.3 is 19.5 Å². The standard InChI is InChI=1S/C43H34N4O4/c48-39-35(44-42(50)51-26-33-31-17-7-5-15-29(31)30-16-6-8-18-32(30)33)25-43(45-23-22-28-14-4-10-20-36(28)45)34-19-9-11-21-37(34)46-40(49)38(47(39)41(43)46)24-27-12-2-1-3-13-27/h1-23,33,35,38,41H,24-26H2,(H,44,50)/t35-,38-,41-,43+/m0/s1. The molecule has 0 saturated carbocycles. The van der Waals surface area contributed by atoms with E-state index in [2.05, 4.69) is 64.6 Å². The molecule has 2 saturated heterocycles. The van der Waals surface area contributed by atoms with Crippen molar-refractivity contribution in [2.75, 3.05) is 11.5 Å². The number of ether oxygens (including phenoxy) is 1. The molecule has 6 aromatic rings. The zero-order valence-corrected chi connectivity index (χ0v) is 27.7. The lowest BCUT2D eigenvalue weighted by Gasteiger charge is -2.49. The molecule has 250 valence electrons. The van der Waals surface area contributed by atoms with E-state index in [1.165, 1.54) is 0 Å². The Kier molecular flexibility index (Phi) is 6.52. The van der Waals surface area contributed by atoms with Crippen LogP contribution in [0.1, 0.15) is 34.6 Å². The van der Waals surface area contributed by atoms with Gasteiger partial charge in [0.1, 0.15) is 30.4 Å². The molecule has 8 heteroatoms. The number of hydrogen-bond donors (Lipinski definition) is 1. The maximum Gasteiger partial charge on any atom is 0.407 e. The number of nitrogens with zero attached hydrogens (tertiary/aromatic N) is 3. The predicted molar refractivity (Wildman–Crippen MR) is 194 cm³/mol. The molecule has 4 heterocycles. The van der Waals surface area contributed by atoms with E-state index in [1.807, 2.05) is 89.8 Å². The van der Waals surface area contributed by atoms with Gasteiger partial charge in [-0.15, -0.1) is 0 Å². The molecule has 1 N–H and O–H groups in total. The molecule has 51 heavy (non-hydrogen) atoms. The van der Waals surface area contributed by atoms with Crippen LogP contribution in [0.2, 0.25) is 0 Å². The number of aromatic nitrogens is 1. The van der Waals surface area contributed by atoms with Crippen LogP contribution in [-0.2, 0) is 26.3 Å². The van der Waals surface area contributed by atoms with Crippen LogP contribution in [0.25, 0.3) is 22.0 Å².